The summed E-state index contributed by atoms with van der Waals surface area (Å²) >= 11 is 5.01. The predicted molar refractivity (Wildman–Crippen MR) is 73.5 cm³/mol. The Morgan fingerprint density at radius 3 is 2.89 bits per heavy atom. The molecule has 1 saturated heterocycles. The van der Waals surface area contributed by atoms with Gasteiger partial charge in [-0.15, -0.1) is 0 Å². The molecule has 18 heavy (non-hydrogen) atoms. The minimum Gasteiger partial charge on any atom is -0.453 e. The monoisotopic (exact) mass is 271 g/mol. The number of nitrogens with zero attached hydrogens (tertiary/aromatic N) is 1. The Hall–Kier alpha value is -0.880. The Morgan fingerprint density at radius 1 is 1.61 bits per heavy atom. The first-order chi connectivity index (χ1) is 8.53. The fraction of sp³-hybridized carbons (Fsp3) is 0.833. The summed E-state index contributed by atoms with van der Waals surface area (Å²) in [5, 5.41) is 2.85. The zero-order chi connectivity index (χ0) is 13.2. The molecule has 102 valence electrons. The van der Waals surface area contributed by atoms with Crippen molar-refractivity contribution in [3.8, 4) is 0 Å². The third-order valence-electron chi connectivity index (χ3n) is 3.85. The molecule has 0 spiro atoms. The minimum atomic E-state index is -0.342. The van der Waals surface area contributed by atoms with Crippen LogP contribution in [0, 0.1) is 5.41 Å². The Bertz CT molecular complexity index is 344. The van der Waals surface area contributed by atoms with Crippen molar-refractivity contribution in [2.75, 3.05) is 26.7 Å². The number of rotatable bonds is 5. The van der Waals surface area contributed by atoms with Crippen molar-refractivity contribution in [1.82, 2.24) is 10.2 Å². The fourth-order valence-corrected chi connectivity index (χ4v) is 3.04. The Morgan fingerprint density at radius 2 is 2.33 bits per heavy atom. The maximum absolute atomic E-state index is 11.1. The maximum Gasteiger partial charge on any atom is 0.407 e. The first kappa shape index (κ1) is 13.5. The van der Waals surface area contributed by atoms with E-state index in [9.17, 15) is 4.79 Å². The quantitative estimate of drug-likeness (QED) is 0.726. The summed E-state index contributed by atoms with van der Waals surface area (Å²) in [6.07, 6.45) is 3.93. The summed E-state index contributed by atoms with van der Waals surface area (Å²) in [5.74, 6) is 0. The van der Waals surface area contributed by atoms with Gasteiger partial charge in [0.1, 0.15) is 0 Å². The van der Waals surface area contributed by atoms with E-state index >= 15 is 0 Å². The lowest BCUT2D eigenvalue weighted by Gasteiger charge is -2.23. The molecule has 0 radical (unpaired) electrons. The summed E-state index contributed by atoms with van der Waals surface area (Å²) in [6, 6.07) is 0.207. The SMILES string of the molecule is COC(=O)NC1CCN(CC2(CC(N)=S)CC2)C1. The summed E-state index contributed by atoms with van der Waals surface area (Å²) in [7, 11) is 1.39. The molecular weight excluding hydrogens is 250 g/mol. The predicted octanol–water partition coefficient (Wildman–Crippen LogP) is 0.873. The van der Waals surface area contributed by atoms with Crippen LogP contribution in [0.15, 0.2) is 0 Å². The van der Waals surface area contributed by atoms with Gasteiger partial charge in [0, 0.05) is 32.1 Å². The Kier molecular flexibility index (Phi) is 4.07. The highest BCUT2D eigenvalue weighted by molar-refractivity contribution is 7.80. The summed E-state index contributed by atoms with van der Waals surface area (Å²) in [4.78, 5) is 14.1. The Balaban J connectivity index is 1.76. The maximum atomic E-state index is 11.1. The molecule has 1 aliphatic carbocycles. The zero-order valence-corrected chi connectivity index (χ0v) is 11.6. The second-order valence-electron chi connectivity index (χ2n) is 5.50. The van der Waals surface area contributed by atoms with Crippen LogP contribution < -0.4 is 11.1 Å². The van der Waals surface area contributed by atoms with Crippen LogP contribution in [-0.2, 0) is 4.74 Å². The van der Waals surface area contributed by atoms with Crippen LogP contribution in [0.4, 0.5) is 4.79 Å². The minimum absolute atomic E-state index is 0.207. The van der Waals surface area contributed by atoms with Crippen LogP contribution in [0.1, 0.15) is 25.7 Å². The van der Waals surface area contributed by atoms with Crippen LogP contribution in [-0.4, -0.2) is 48.8 Å². The van der Waals surface area contributed by atoms with Gasteiger partial charge in [-0.1, -0.05) is 12.2 Å². The normalized spacial score (nSPS) is 25.7. The molecule has 0 aromatic heterocycles. The number of methoxy groups -OCH3 is 1. The van der Waals surface area contributed by atoms with Crippen molar-refractivity contribution in [3.05, 3.63) is 0 Å². The topological polar surface area (TPSA) is 67.6 Å². The molecule has 1 unspecified atom stereocenters. The van der Waals surface area contributed by atoms with Crippen molar-refractivity contribution in [2.45, 2.75) is 31.7 Å². The highest BCUT2D eigenvalue weighted by Gasteiger charge is 2.45. The number of carbonyl (C=O) groups is 1. The third-order valence-corrected chi connectivity index (χ3v) is 3.99. The van der Waals surface area contributed by atoms with Gasteiger partial charge in [0.2, 0.25) is 0 Å². The zero-order valence-electron chi connectivity index (χ0n) is 10.8. The molecule has 6 heteroatoms. The van der Waals surface area contributed by atoms with E-state index in [4.69, 9.17) is 18.0 Å². The average Bonchev–Trinajstić information content (AvgIpc) is 2.89. The molecular formula is C12H21N3O2S. The first-order valence-corrected chi connectivity index (χ1v) is 6.79. The van der Waals surface area contributed by atoms with Crippen LogP contribution in [0.2, 0.25) is 0 Å². The molecule has 1 saturated carbocycles. The van der Waals surface area contributed by atoms with Gasteiger partial charge in [-0.05, 0) is 24.7 Å². The van der Waals surface area contributed by atoms with Gasteiger partial charge in [0.25, 0.3) is 0 Å². The van der Waals surface area contributed by atoms with Gasteiger partial charge in [0.15, 0.2) is 0 Å². The molecule has 1 atom stereocenters. The summed E-state index contributed by atoms with van der Waals surface area (Å²) in [5.41, 5.74) is 5.97. The number of nitrogens with two attached hydrogens (primary N) is 1. The third kappa shape index (κ3) is 3.55. The van der Waals surface area contributed by atoms with Crippen molar-refractivity contribution in [3.63, 3.8) is 0 Å². The second-order valence-corrected chi connectivity index (χ2v) is 6.02. The number of likely N-dealkylation sites (tertiary alicyclic amines) is 1. The Labute approximate surface area is 113 Å². The van der Waals surface area contributed by atoms with Crippen LogP contribution in [0.3, 0.4) is 0 Å². The molecule has 0 aromatic carbocycles. The number of hydrogen-bond acceptors (Lipinski definition) is 4. The fourth-order valence-electron chi connectivity index (χ4n) is 2.73. The molecule has 2 aliphatic rings. The van der Waals surface area contributed by atoms with E-state index in [2.05, 4.69) is 15.0 Å². The van der Waals surface area contributed by atoms with Crippen LogP contribution >= 0.6 is 12.2 Å². The van der Waals surface area contributed by atoms with E-state index < -0.39 is 0 Å². The van der Waals surface area contributed by atoms with E-state index in [1.807, 2.05) is 0 Å². The number of hydrogen-bond donors (Lipinski definition) is 2. The van der Waals surface area contributed by atoms with Crippen molar-refractivity contribution in [2.24, 2.45) is 11.1 Å². The van der Waals surface area contributed by atoms with E-state index in [-0.39, 0.29) is 12.1 Å². The van der Waals surface area contributed by atoms with Gasteiger partial charge >= 0.3 is 6.09 Å². The standard InChI is InChI=1S/C12H21N3O2S/c1-17-11(16)14-9-2-5-15(7-9)8-12(3-4-12)6-10(13)18/h9H,2-8H2,1H3,(H2,13,18)(H,14,16). The van der Waals surface area contributed by atoms with Crippen LogP contribution in [0.25, 0.3) is 0 Å². The second kappa shape index (κ2) is 5.40. The van der Waals surface area contributed by atoms with Gasteiger partial charge in [-0.3, -0.25) is 0 Å². The van der Waals surface area contributed by atoms with Crippen molar-refractivity contribution < 1.29 is 9.53 Å². The van der Waals surface area contributed by atoms with Crippen molar-refractivity contribution >= 4 is 23.3 Å². The number of carbonyl (C=O) groups excluding carboxylic acids is 1. The lowest BCUT2D eigenvalue weighted by molar-refractivity contribution is 0.166. The average molecular weight is 271 g/mol. The molecule has 1 heterocycles. The number of thiocarbonyl (C=S) groups is 1. The lowest BCUT2D eigenvalue weighted by Crippen LogP contribution is -2.38. The largest absolute Gasteiger partial charge is 0.453 e. The molecule has 3 N–H and O–H groups in total. The van der Waals surface area contributed by atoms with Gasteiger partial charge in [0.05, 0.1) is 12.1 Å². The highest BCUT2D eigenvalue weighted by atomic mass is 32.1. The molecule has 2 fully saturated rings. The molecule has 2 rings (SSSR count). The molecule has 1 aliphatic heterocycles. The lowest BCUT2D eigenvalue weighted by atomic mass is 10.0. The number of alkyl carbamates (subject to hydrolysis) is 1. The molecule has 5 nitrogen and oxygen atoms in total. The van der Waals surface area contributed by atoms with Crippen LogP contribution in [0.5, 0.6) is 0 Å². The van der Waals surface area contributed by atoms with Gasteiger partial charge in [-0.25, -0.2) is 4.79 Å². The highest BCUT2D eigenvalue weighted by Crippen LogP contribution is 2.49. The van der Waals surface area contributed by atoms with E-state index in [0.717, 1.165) is 32.5 Å². The number of nitrogens with one attached hydrogen (secondary N) is 1. The van der Waals surface area contributed by atoms with E-state index in [0.29, 0.717) is 10.4 Å². The molecule has 0 bridgehead atoms. The van der Waals surface area contributed by atoms with E-state index in [1.165, 1.54) is 20.0 Å². The van der Waals surface area contributed by atoms with Crippen molar-refractivity contribution in [1.29, 1.82) is 0 Å². The smallest absolute Gasteiger partial charge is 0.407 e. The number of ether oxygens (including phenoxy) is 1. The van der Waals surface area contributed by atoms with Gasteiger partial charge < -0.3 is 20.7 Å². The summed E-state index contributed by atoms with van der Waals surface area (Å²) < 4.78 is 4.61. The summed E-state index contributed by atoms with van der Waals surface area (Å²) in [6.45, 7) is 2.96. The number of amides is 1. The first-order valence-electron chi connectivity index (χ1n) is 6.38. The molecule has 0 aromatic rings. The van der Waals surface area contributed by atoms with E-state index in [1.54, 1.807) is 0 Å². The van der Waals surface area contributed by atoms with Gasteiger partial charge in [-0.2, -0.15) is 0 Å². The molecule has 1 amide bonds.